The number of nitrogens with one attached hydrogen (secondary N) is 2. The predicted octanol–water partition coefficient (Wildman–Crippen LogP) is 3.09. The lowest BCUT2D eigenvalue weighted by Crippen LogP contribution is -2.37. The topological polar surface area (TPSA) is 75.2 Å². The fourth-order valence-corrected chi connectivity index (χ4v) is 3.23. The molecule has 7 nitrogen and oxygen atoms in total. The first-order valence-corrected chi connectivity index (χ1v) is 10.6. The summed E-state index contributed by atoms with van der Waals surface area (Å²) >= 11 is 0. The van der Waals surface area contributed by atoms with Crippen LogP contribution in [0.3, 0.4) is 0 Å². The van der Waals surface area contributed by atoms with Crippen molar-refractivity contribution in [3.8, 4) is 11.5 Å². The third-order valence-corrected chi connectivity index (χ3v) is 5.09. The van der Waals surface area contributed by atoms with Gasteiger partial charge >= 0.3 is 0 Å². The molecule has 2 aromatic carbocycles. The Hall–Kier alpha value is -3.22. The Bertz CT molecular complexity index is 862. The van der Waals surface area contributed by atoms with E-state index in [9.17, 15) is 4.79 Å². The van der Waals surface area contributed by atoms with E-state index in [2.05, 4.69) is 15.6 Å². The molecule has 0 aromatic heterocycles. The van der Waals surface area contributed by atoms with Crippen LogP contribution in [0.15, 0.2) is 47.5 Å². The van der Waals surface area contributed by atoms with Crippen molar-refractivity contribution in [2.24, 2.45) is 4.99 Å². The molecule has 0 aliphatic carbocycles. The van der Waals surface area contributed by atoms with Crippen LogP contribution < -0.4 is 20.1 Å². The van der Waals surface area contributed by atoms with Crippen molar-refractivity contribution in [3.05, 3.63) is 59.2 Å². The summed E-state index contributed by atoms with van der Waals surface area (Å²) in [6.45, 7) is 6.75. The Labute approximate surface area is 185 Å². The van der Waals surface area contributed by atoms with Crippen LogP contribution in [0, 0.1) is 0 Å². The minimum absolute atomic E-state index is 0.0668. The predicted molar refractivity (Wildman–Crippen MR) is 125 cm³/mol. The van der Waals surface area contributed by atoms with Gasteiger partial charge in [0.25, 0.3) is 5.91 Å². The summed E-state index contributed by atoms with van der Waals surface area (Å²) in [5.41, 5.74) is 2.94. The van der Waals surface area contributed by atoms with Gasteiger partial charge in [-0.05, 0) is 55.7 Å². The lowest BCUT2D eigenvalue weighted by atomic mass is 10.1. The van der Waals surface area contributed by atoms with Crippen molar-refractivity contribution in [1.29, 1.82) is 0 Å². The van der Waals surface area contributed by atoms with Crippen molar-refractivity contribution >= 4 is 11.9 Å². The number of aliphatic imine (C=N–C) groups is 1. The van der Waals surface area contributed by atoms with Gasteiger partial charge in [-0.2, -0.15) is 0 Å². The summed E-state index contributed by atoms with van der Waals surface area (Å²) in [7, 11) is 5.01. The molecule has 168 valence electrons. The zero-order valence-corrected chi connectivity index (χ0v) is 19.2. The zero-order valence-electron chi connectivity index (χ0n) is 19.2. The molecule has 0 fully saturated rings. The molecule has 0 saturated carbocycles. The molecule has 2 aromatic rings. The molecular formula is C24H34N4O3. The number of carbonyl (C=O) groups excluding carboxylic acids is 1. The van der Waals surface area contributed by atoms with Gasteiger partial charge in [0.2, 0.25) is 0 Å². The van der Waals surface area contributed by atoms with E-state index in [1.807, 2.05) is 61.2 Å². The van der Waals surface area contributed by atoms with Crippen LogP contribution in [0.5, 0.6) is 11.5 Å². The molecule has 0 saturated heterocycles. The summed E-state index contributed by atoms with van der Waals surface area (Å²) in [4.78, 5) is 18.5. The molecule has 0 bridgehead atoms. The van der Waals surface area contributed by atoms with E-state index >= 15 is 0 Å². The van der Waals surface area contributed by atoms with E-state index in [0.717, 1.165) is 41.6 Å². The van der Waals surface area contributed by atoms with Crippen molar-refractivity contribution in [2.45, 2.75) is 26.8 Å². The highest BCUT2D eigenvalue weighted by Gasteiger charge is 2.12. The first-order valence-electron chi connectivity index (χ1n) is 10.6. The van der Waals surface area contributed by atoms with E-state index in [0.29, 0.717) is 25.2 Å². The Morgan fingerprint density at radius 3 is 2.16 bits per heavy atom. The Balaban J connectivity index is 1.84. The average Bonchev–Trinajstić information content (AvgIpc) is 2.82. The van der Waals surface area contributed by atoms with Crippen LogP contribution in [-0.4, -0.2) is 57.7 Å². The van der Waals surface area contributed by atoms with Crippen LogP contribution >= 0.6 is 0 Å². The monoisotopic (exact) mass is 426 g/mol. The Morgan fingerprint density at radius 1 is 0.935 bits per heavy atom. The van der Waals surface area contributed by atoms with Crippen LogP contribution in [-0.2, 0) is 13.0 Å². The second kappa shape index (κ2) is 12.5. The Morgan fingerprint density at radius 2 is 1.58 bits per heavy atom. The van der Waals surface area contributed by atoms with Gasteiger partial charge in [0, 0.05) is 38.8 Å². The summed E-state index contributed by atoms with van der Waals surface area (Å²) in [5.74, 6) is 2.24. The van der Waals surface area contributed by atoms with Crippen LogP contribution in [0.4, 0.5) is 0 Å². The van der Waals surface area contributed by atoms with Crippen molar-refractivity contribution in [3.63, 3.8) is 0 Å². The van der Waals surface area contributed by atoms with Crippen LogP contribution in [0.2, 0.25) is 0 Å². The first-order chi connectivity index (χ1) is 15.1. The molecule has 0 atom stereocenters. The maximum atomic E-state index is 12.4. The van der Waals surface area contributed by atoms with Gasteiger partial charge in [0.15, 0.2) is 17.5 Å². The van der Waals surface area contributed by atoms with Crippen LogP contribution in [0.25, 0.3) is 0 Å². The molecule has 31 heavy (non-hydrogen) atoms. The van der Waals surface area contributed by atoms with Crippen molar-refractivity contribution in [2.75, 3.05) is 40.9 Å². The Kier molecular flexibility index (Phi) is 9.68. The molecule has 0 aliphatic rings. The number of benzene rings is 2. The SMILES string of the molecule is CCN(CC)C(=O)c1ccc(CNC(=NC)NCCc2ccc(OC)c(OC)c2)cc1. The average molecular weight is 427 g/mol. The molecule has 0 aliphatic heterocycles. The number of ether oxygens (including phenoxy) is 2. The smallest absolute Gasteiger partial charge is 0.253 e. The minimum atomic E-state index is 0.0668. The van der Waals surface area contributed by atoms with E-state index in [1.54, 1.807) is 21.3 Å². The standard InChI is InChI=1S/C24H34N4O3/c1-6-28(7-2)23(29)20-11-8-19(9-12-20)17-27-24(25-3)26-15-14-18-10-13-21(30-4)22(16-18)31-5/h8-13,16H,6-7,14-15,17H2,1-5H3,(H2,25,26,27). The van der Waals surface area contributed by atoms with E-state index in [1.165, 1.54) is 0 Å². The maximum Gasteiger partial charge on any atom is 0.253 e. The first kappa shape index (κ1) is 24.1. The number of guanidine groups is 1. The molecule has 2 N–H and O–H groups in total. The van der Waals surface area contributed by atoms with Gasteiger partial charge in [-0.1, -0.05) is 18.2 Å². The molecule has 0 heterocycles. The normalized spacial score (nSPS) is 11.1. The minimum Gasteiger partial charge on any atom is -0.493 e. The van der Waals surface area contributed by atoms with Gasteiger partial charge in [-0.3, -0.25) is 9.79 Å². The second-order valence-electron chi connectivity index (χ2n) is 6.97. The highest BCUT2D eigenvalue weighted by Crippen LogP contribution is 2.27. The van der Waals surface area contributed by atoms with Crippen LogP contribution in [0.1, 0.15) is 35.3 Å². The number of rotatable bonds is 10. The lowest BCUT2D eigenvalue weighted by Gasteiger charge is -2.18. The molecule has 0 radical (unpaired) electrons. The van der Waals surface area contributed by atoms with Gasteiger partial charge in [-0.15, -0.1) is 0 Å². The van der Waals surface area contributed by atoms with Crippen molar-refractivity contribution < 1.29 is 14.3 Å². The highest BCUT2D eigenvalue weighted by molar-refractivity contribution is 5.94. The summed E-state index contributed by atoms with van der Waals surface area (Å²) < 4.78 is 10.6. The van der Waals surface area contributed by atoms with E-state index in [4.69, 9.17) is 9.47 Å². The quantitative estimate of drug-likeness (QED) is 0.451. The zero-order chi connectivity index (χ0) is 22.6. The number of hydrogen-bond donors (Lipinski definition) is 2. The number of nitrogens with zero attached hydrogens (tertiary/aromatic N) is 2. The number of methoxy groups -OCH3 is 2. The third kappa shape index (κ3) is 6.91. The molecule has 2 rings (SSSR count). The largest absolute Gasteiger partial charge is 0.493 e. The van der Waals surface area contributed by atoms with Gasteiger partial charge in [0.05, 0.1) is 14.2 Å². The van der Waals surface area contributed by atoms with Gasteiger partial charge in [-0.25, -0.2) is 0 Å². The van der Waals surface area contributed by atoms with Gasteiger partial charge < -0.3 is 25.0 Å². The number of carbonyl (C=O) groups is 1. The van der Waals surface area contributed by atoms with E-state index < -0.39 is 0 Å². The van der Waals surface area contributed by atoms with Crippen molar-refractivity contribution in [1.82, 2.24) is 15.5 Å². The fraction of sp³-hybridized carbons (Fsp3) is 0.417. The van der Waals surface area contributed by atoms with E-state index in [-0.39, 0.29) is 5.91 Å². The molecule has 0 spiro atoms. The molecule has 1 amide bonds. The maximum absolute atomic E-state index is 12.4. The number of amides is 1. The highest BCUT2D eigenvalue weighted by atomic mass is 16.5. The molecule has 0 unspecified atom stereocenters. The molecule has 7 heteroatoms. The number of hydrogen-bond acceptors (Lipinski definition) is 4. The second-order valence-corrected chi connectivity index (χ2v) is 6.97. The van der Waals surface area contributed by atoms with Gasteiger partial charge in [0.1, 0.15) is 0 Å². The molecular weight excluding hydrogens is 392 g/mol. The fourth-order valence-electron chi connectivity index (χ4n) is 3.23. The summed E-state index contributed by atoms with van der Waals surface area (Å²) in [5, 5.41) is 6.63. The lowest BCUT2D eigenvalue weighted by molar-refractivity contribution is 0.0773. The third-order valence-electron chi connectivity index (χ3n) is 5.09. The summed E-state index contributed by atoms with van der Waals surface area (Å²) in [6.07, 6.45) is 0.823. The summed E-state index contributed by atoms with van der Waals surface area (Å²) in [6, 6.07) is 13.6.